The predicted molar refractivity (Wildman–Crippen MR) is 88.9 cm³/mol. The summed E-state index contributed by atoms with van der Waals surface area (Å²) >= 11 is 0. The molecule has 130 valence electrons. The van der Waals surface area contributed by atoms with Crippen LogP contribution in [0, 0.1) is 5.92 Å². The third kappa shape index (κ3) is 3.44. The molecule has 1 fully saturated rings. The van der Waals surface area contributed by atoms with E-state index in [9.17, 15) is 4.79 Å². The molecule has 0 aliphatic carbocycles. The lowest BCUT2D eigenvalue weighted by molar-refractivity contribution is -0.125. The van der Waals surface area contributed by atoms with Crippen molar-refractivity contribution in [2.75, 3.05) is 24.5 Å². The van der Waals surface area contributed by atoms with Gasteiger partial charge in [0.2, 0.25) is 5.91 Å². The fraction of sp³-hybridized carbons (Fsp3) is 0.438. The number of tetrazole rings is 1. The Kier molecular flexibility index (Phi) is 4.28. The first-order chi connectivity index (χ1) is 12.3. The van der Waals surface area contributed by atoms with E-state index in [4.69, 9.17) is 4.42 Å². The predicted octanol–water partition coefficient (Wildman–Crippen LogP) is 0.688. The maximum atomic E-state index is 12.4. The van der Waals surface area contributed by atoms with E-state index in [1.54, 1.807) is 6.26 Å². The van der Waals surface area contributed by atoms with Gasteiger partial charge in [-0.25, -0.2) is 0 Å². The molecule has 0 bridgehead atoms. The van der Waals surface area contributed by atoms with E-state index >= 15 is 0 Å². The lowest BCUT2D eigenvalue weighted by Gasteiger charge is -2.32. The van der Waals surface area contributed by atoms with Crippen LogP contribution in [0.25, 0.3) is 5.65 Å². The monoisotopic (exact) mass is 341 g/mol. The quantitative estimate of drug-likeness (QED) is 0.728. The minimum atomic E-state index is -0.0447. The SMILES string of the molecule is O=C(NCCc1ccco1)[C@H]1CCCN(c2ccc3nnnn3n2)C1. The van der Waals surface area contributed by atoms with E-state index < -0.39 is 0 Å². The van der Waals surface area contributed by atoms with Gasteiger partial charge in [0.25, 0.3) is 0 Å². The Morgan fingerprint density at radius 3 is 3.20 bits per heavy atom. The minimum Gasteiger partial charge on any atom is -0.469 e. The molecule has 1 aliphatic heterocycles. The highest BCUT2D eigenvalue weighted by molar-refractivity contribution is 5.79. The van der Waals surface area contributed by atoms with Crippen molar-refractivity contribution >= 4 is 17.4 Å². The molecule has 3 aromatic rings. The molecule has 25 heavy (non-hydrogen) atoms. The van der Waals surface area contributed by atoms with Crippen LogP contribution >= 0.6 is 0 Å². The summed E-state index contributed by atoms with van der Waals surface area (Å²) < 4.78 is 6.68. The normalized spacial score (nSPS) is 17.8. The summed E-state index contributed by atoms with van der Waals surface area (Å²) in [6, 6.07) is 7.48. The zero-order chi connectivity index (χ0) is 17.1. The topological polar surface area (TPSA) is 101 Å². The molecule has 1 aliphatic rings. The van der Waals surface area contributed by atoms with E-state index in [1.807, 2.05) is 24.3 Å². The standard InChI is InChI=1S/C16H19N7O2/c24-16(17-8-7-13-4-2-10-25-13)12-3-1-9-22(11-12)15-6-5-14-18-20-21-23(14)19-15/h2,4-6,10,12H,1,3,7-9,11H2,(H,17,24)/t12-/m0/s1. The second kappa shape index (κ2) is 6.88. The van der Waals surface area contributed by atoms with Gasteiger partial charge in [-0.1, -0.05) is 0 Å². The zero-order valence-corrected chi connectivity index (χ0v) is 13.7. The number of furan rings is 1. The van der Waals surface area contributed by atoms with Gasteiger partial charge in [-0.05, 0) is 47.5 Å². The molecule has 1 N–H and O–H groups in total. The number of hydrogen-bond acceptors (Lipinski definition) is 7. The van der Waals surface area contributed by atoms with Gasteiger partial charge in [0, 0.05) is 26.1 Å². The van der Waals surface area contributed by atoms with Crippen LogP contribution in [0.5, 0.6) is 0 Å². The van der Waals surface area contributed by atoms with Crippen LogP contribution < -0.4 is 10.2 Å². The number of carbonyl (C=O) groups is 1. The Balaban J connectivity index is 1.35. The number of amides is 1. The highest BCUT2D eigenvalue weighted by Crippen LogP contribution is 2.21. The summed E-state index contributed by atoms with van der Waals surface area (Å²) in [5, 5.41) is 18.7. The number of nitrogens with one attached hydrogen (secondary N) is 1. The molecule has 0 radical (unpaired) electrons. The van der Waals surface area contributed by atoms with Crippen LogP contribution in [0.15, 0.2) is 34.9 Å². The summed E-state index contributed by atoms with van der Waals surface area (Å²) in [5.41, 5.74) is 0.605. The third-order valence-electron chi connectivity index (χ3n) is 4.42. The molecule has 4 heterocycles. The molecule has 0 aromatic carbocycles. The summed E-state index contributed by atoms with van der Waals surface area (Å²) in [6.45, 7) is 2.10. The Bertz CT molecular complexity index is 845. The van der Waals surface area contributed by atoms with Crippen molar-refractivity contribution in [2.45, 2.75) is 19.3 Å². The Labute approximate surface area is 144 Å². The minimum absolute atomic E-state index is 0.0447. The Hall–Kier alpha value is -2.97. The molecule has 3 aromatic heterocycles. The van der Waals surface area contributed by atoms with Crippen molar-refractivity contribution in [3.63, 3.8) is 0 Å². The second-order valence-electron chi connectivity index (χ2n) is 6.12. The van der Waals surface area contributed by atoms with Crippen molar-refractivity contribution in [3.8, 4) is 0 Å². The summed E-state index contributed by atoms with van der Waals surface area (Å²) in [6.07, 6.45) is 4.18. The van der Waals surface area contributed by atoms with Crippen LogP contribution in [0.2, 0.25) is 0 Å². The summed E-state index contributed by atoms with van der Waals surface area (Å²) in [5.74, 6) is 1.70. The average Bonchev–Trinajstić information content (AvgIpc) is 3.32. The van der Waals surface area contributed by atoms with E-state index in [1.165, 1.54) is 4.63 Å². The molecule has 1 amide bonds. The number of nitrogens with zero attached hydrogens (tertiary/aromatic N) is 6. The number of anilines is 1. The molecular formula is C16H19N7O2. The van der Waals surface area contributed by atoms with Crippen molar-refractivity contribution < 1.29 is 9.21 Å². The molecule has 9 nitrogen and oxygen atoms in total. The van der Waals surface area contributed by atoms with Crippen LogP contribution in [-0.4, -0.2) is 50.8 Å². The zero-order valence-electron chi connectivity index (χ0n) is 13.7. The Morgan fingerprint density at radius 1 is 1.36 bits per heavy atom. The van der Waals surface area contributed by atoms with Crippen molar-refractivity contribution in [2.24, 2.45) is 5.92 Å². The van der Waals surface area contributed by atoms with Crippen molar-refractivity contribution in [1.82, 2.24) is 30.6 Å². The maximum absolute atomic E-state index is 12.4. The number of hydrogen-bond donors (Lipinski definition) is 1. The second-order valence-corrected chi connectivity index (χ2v) is 6.12. The molecule has 4 rings (SSSR count). The first kappa shape index (κ1) is 15.6. The molecule has 9 heteroatoms. The number of fused-ring (bicyclic) bond motifs is 1. The van der Waals surface area contributed by atoms with Gasteiger partial charge in [-0.3, -0.25) is 4.79 Å². The number of rotatable bonds is 5. The van der Waals surface area contributed by atoms with Gasteiger partial charge in [0.05, 0.1) is 12.2 Å². The number of piperidine rings is 1. The van der Waals surface area contributed by atoms with Crippen LogP contribution in [0.4, 0.5) is 5.82 Å². The molecule has 1 atom stereocenters. The highest BCUT2D eigenvalue weighted by atomic mass is 16.3. The van der Waals surface area contributed by atoms with Crippen LogP contribution in [0.1, 0.15) is 18.6 Å². The van der Waals surface area contributed by atoms with Crippen LogP contribution in [-0.2, 0) is 11.2 Å². The largest absolute Gasteiger partial charge is 0.469 e. The van der Waals surface area contributed by atoms with E-state index in [0.29, 0.717) is 25.2 Å². The maximum Gasteiger partial charge on any atom is 0.224 e. The first-order valence-electron chi connectivity index (χ1n) is 8.40. The van der Waals surface area contributed by atoms with Gasteiger partial charge in [0.15, 0.2) is 11.5 Å². The van der Waals surface area contributed by atoms with Gasteiger partial charge in [-0.2, -0.15) is 0 Å². The molecule has 0 spiro atoms. The first-order valence-corrected chi connectivity index (χ1v) is 8.40. The fourth-order valence-corrected chi connectivity index (χ4v) is 3.12. The highest BCUT2D eigenvalue weighted by Gasteiger charge is 2.26. The van der Waals surface area contributed by atoms with Gasteiger partial charge < -0.3 is 14.6 Å². The van der Waals surface area contributed by atoms with Gasteiger partial charge >= 0.3 is 0 Å². The summed E-state index contributed by atoms with van der Waals surface area (Å²) in [4.78, 5) is 14.6. The lowest BCUT2D eigenvalue weighted by Crippen LogP contribution is -2.44. The van der Waals surface area contributed by atoms with Crippen molar-refractivity contribution in [1.29, 1.82) is 0 Å². The Morgan fingerprint density at radius 2 is 2.32 bits per heavy atom. The third-order valence-corrected chi connectivity index (χ3v) is 4.42. The molecule has 0 unspecified atom stereocenters. The van der Waals surface area contributed by atoms with E-state index in [0.717, 1.165) is 31.0 Å². The number of carbonyl (C=O) groups excluding carboxylic acids is 1. The van der Waals surface area contributed by atoms with E-state index in [-0.39, 0.29) is 11.8 Å². The van der Waals surface area contributed by atoms with E-state index in [2.05, 4.69) is 30.8 Å². The lowest BCUT2D eigenvalue weighted by atomic mass is 9.97. The number of aromatic nitrogens is 5. The smallest absolute Gasteiger partial charge is 0.224 e. The summed E-state index contributed by atoms with van der Waals surface area (Å²) in [7, 11) is 0. The van der Waals surface area contributed by atoms with Gasteiger partial charge in [0.1, 0.15) is 5.76 Å². The average molecular weight is 341 g/mol. The van der Waals surface area contributed by atoms with Crippen LogP contribution in [0.3, 0.4) is 0 Å². The fourth-order valence-electron chi connectivity index (χ4n) is 3.12. The van der Waals surface area contributed by atoms with Crippen molar-refractivity contribution in [3.05, 3.63) is 36.3 Å². The van der Waals surface area contributed by atoms with Gasteiger partial charge in [-0.15, -0.1) is 14.8 Å². The molecular weight excluding hydrogens is 322 g/mol. The molecule has 1 saturated heterocycles. The molecule has 0 saturated carbocycles.